The second kappa shape index (κ2) is 34.1. The molecule has 0 aliphatic carbocycles. The van der Waals surface area contributed by atoms with Crippen LogP contribution in [0.2, 0.25) is 10.0 Å². The first-order valence-corrected chi connectivity index (χ1v) is 35.6. The molecule has 1 aromatic heterocycles. The Balaban J connectivity index is 0.0000129. The number of phenolic OH excluding ortho intramolecular Hbond substituents is 3. The van der Waals surface area contributed by atoms with Crippen LogP contribution in [0.15, 0.2) is 88.8 Å². The number of halogens is 2. The van der Waals surface area contributed by atoms with Gasteiger partial charge in [-0.25, -0.2) is 4.79 Å². The minimum Gasteiger partial charge on any atom is -0.508 e. The van der Waals surface area contributed by atoms with Crippen LogP contribution in [0.1, 0.15) is 111 Å². The average molecular weight is 1630 g/mol. The van der Waals surface area contributed by atoms with Gasteiger partial charge in [-0.2, -0.15) is 0 Å². The quantitative estimate of drug-likeness (QED) is 0.0629. The summed E-state index contributed by atoms with van der Waals surface area (Å²) in [4.78, 5) is 133. The Hall–Kier alpha value is -9.42. The number of thioether (sulfide) groups is 1. The number of aliphatic carboxylic acids is 1. The fourth-order valence-electron chi connectivity index (χ4n) is 13.1. The van der Waals surface area contributed by atoms with E-state index in [9.17, 15) is 74.7 Å². The largest absolute Gasteiger partial charge is 0.508 e. The van der Waals surface area contributed by atoms with Crippen molar-refractivity contribution in [2.45, 2.75) is 168 Å². The number of aromatic hydroxyl groups is 3. The van der Waals surface area contributed by atoms with E-state index in [4.69, 9.17) is 63.1 Å². The average Bonchev–Trinajstić information content (AvgIpc) is 0.766. The van der Waals surface area contributed by atoms with Crippen LogP contribution in [0.25, 0.3) is 11.1 Å². The van der Waals surface area contributed by atoms with E-state index >= 15 is 14.4 Å². The number of amides is 7. The number of carbonyl (C=O) groups is 8. The van der Waals surface area contributed by atoms with E-state index < -0.39 is 236 Å². The maximum Gasteiger partial charge on any atom is 0.330 e. The molecule has 21 N–H and O–H groups in total. The number of aliphatic hydroxyl groups is 5. The van der Waals surface area contributed by atoms with Crippen molar-refractivity contribution >= 4 is 82.3 Å². The Kier molecular flexibility index (Phi) is 25.7. The number of aromatic nitrogens is 3. The van der Waals surface area contributed by atoms with E-state index in [2.05, 4.69) is 52.4 Å². The number of hydrogen-bond acceptors (Lipinski definition) is 28. The van der Waals surface area contributed by atoms with Gasteiger partial charge in [0, 0.05) is 59.0 Å². The van der Waals surface area contributed by atoms with Gasteiger partial charge in [0.15, 0.2) is 35.1 Å². The van der Waals surface area contributed by atoms with Crippen molar-refractivity contribution in [2.75, 3.05) is 12.8 Å². The third-order valence-corrected chi connectivity index (χ3v) is 20.4. The topological polar surface area (TPSA) is 569 Å². The smallest absolute Gasteiger partial charge is 0.330 e. The van der Waals surface area contributed by atoms with E-state index in [0.29, 0.717) is 0 Å². The molecule has 11 bridgehead atoms. The number of H-pyrrole nitrogens is 1. The number of phenols is 3. The van der Waals surface area contributed by atoms with Crippen LogP contribution < -0.4 is 68.5 Å². The summed E-state index contributed by atoms with van der Waals surface area (Å²) in [7, 11) is 1.47. The number of aromatic amines is 1. The summed E-state index contributed by atoms with van der Waals surface area (Å²) in [6, 6.07) is -0.770. The fourth-order valence-corrected chi connectivity index (χ4v) is 14.4. The Labute approximate surface area is 650 Å². The molecule has 10 unspecified atom stereocenters. The number of nitrogens with one attached hydrogen (secondary N) is 8. The number of fused-ring (bicyclic) bond motifs is 15. The van der Waals surface area contributed by atoms with Crippen LogP contribution in [-0.2, 0) is 71.1 Å². The molecule has 1 radical (unpaired) electrons. The molecule has 2 fully saturated rings. The van der Waals surface area contributed by atoms with Crippen LogP contribution in [-0.4, -0.2) is 200 Å². The fraction of sp³-hybridized carbons (Fsp3) is 0.414. The van der Waals surface area contributed by atoms with Gasteiger partial charge in [-0.1, -0.05) is 67.0 Å². The molecule has 6 aromatic rings. The number of carbonyl (C=O) groups excluding carboxylic acids is 7. The third-order valence-electron chi connectivity index (χ3n) is 18.8. The van der Waals surface area contributed by atoms with Crippen molar-refractivity contribution in [2.24, 2.45) is 17.4 Å². The second-order valence-electron chi connectivity index (χ2n) is 27.4. The van der Waals surface area contributed by atoms with Gasteiger partial charge in [0.25, 0.3) is 5.56 Å². The number of likely N-dealkylation sites (N-methyl/N-ethyl adjacent to an activating group) is 1. The number of carboxylic acids is 1. The van der Waals surface area contributed by atoms with Gasteiger partial charge in [0.2, 0.25) is 53.4 Å². The minimum atomic E-state index is -2.37. The van der Waals surface area contributed by atoms with E-state index in [1.165, 1.54) is 40.0 Å². The number of aryl methyl sites for hydroxylation is 1. The number of primary amides is 1. The molecule has 7 aliphatic rings. The summed E-state index contributed by atoms with van der Waals surface area (Å²) in [5.41, 5.74) is 7.45. The maximum absolute atomic E-state index is 16.2. The van der Waals surface area contributed by atoms with Gasteiger partial charge in [0.1, 0.15) is 89.1 Å². The summed E-state index contributed by atoms with van der Waals surface area (Å²) >= 11 is 15.1. The first-order valence-electron chi connectivity index (χ1n) is 33.9. The maximum atomic E-state index is 16.2. The van der Waals surface area contributed by atoms with Crippen LogP contribution in [0.4, 0.5) is 0 Å². The molecule has 2 saturated heterocycles. The van der Waals surface area contributed by atoms with E-state index in [1.807, 2.05) is 13.8 Å². The van der Waals surface area contributed by atoms with Crippen LogP contribution in [0.5, 0.6) is 46.0 Å². The van der Waals surface area contributed by atoms with Gasteiger partial charge in [-0.3, -0.25) is 43.3 Å². The number of benzene rings is 5. The molecule has 587 valence electrons. The van der Waals surface area contributed by atoms with Crippen LogP contribution in [0, 0.1) is 12.8 Å². The predicted molar refractivity (Wildman–Crippen MR) is 380 cm³/mol. The summed E-state index contributed by atoms with van der Waals surface area (Å²) in [5.74, 6) is -16.5. The third kappa shape index (κ3) is 18.0. The molecule has 110 heavy (non-hydrogen) atoms. The summed E-state index contributed by atoms with van der Waals surface area (Å²) in [6.45, 7) is 8.04. The molecule has 40 heteroatoms. The van der Waals surface area contributed by atoms with E-state index in [0.717, 1.165) is 78.5 Å². The molecule has 0 spiro atoms. The van der Waals surface area contributed by atoms with Gasteiger partial charge in [-0.05, 0) is 117 Å². The monoisotopic (exact) mass is 1620 g/mol. The second-order valence-corrected chi connectivity index (χ2v) is 29.2. The molecular formula is C70H78Cl2N12O24SV. The number of carboxylic acid groups (broad SMARTS) is 1. The zero-order chi connectivity index (χ0) is 79.1. The Morgan fingerprint density at radius 1 is 0.736 bits per heavy atom. The van der Waals surface area contributed by atoms with Gasteiger partial charge >= 0.3 is 5.97 Å². The molecular weight excluding hydrogens is 1550 g/mol. The predicted octanol–water partition coefficient (Wildman–Crippen LogP) is 0.690. The first kappa shape index (κ1) is 83.1. The summed E-state index contributed by atoms with van der Waals surface area (Å²) < 4.78 is 39.4. The first-order chi connectivity index (χ1) is 51.5. The molecule has 8 heterocycles. The van der Waals surface area contributed by atoms with Crippen molar-refractivity contribution in [3.05, 3.63) is 133 Å². The van der Waals surface area contributed by atoms with Crippen molar-refractivity contribution in [1.29, 1.82) is 0 Å². The van der Waals surface area contributed by atoms with Crippen molar-refractivity contribution < 1.29 is 131 Å². The number of nitrogens with zero attached hydrogens (tertiary/aromatic N) is 2. The Morgan fingerprint density at radius 3 is 1.95 bits per heavy atom. The Bertz CT molecular complexity index is 4640. The zero-order valence-electron chi connectivity index (χ0n) is 59.0. The van der Waals surface area contributed by atoms with E-state index in [1.54, 1.807) is 0 Å². The number of hydrogen-bond donors (Lipinski definition) is 19. The molecule has 13 rings (SSSR count). The summed E-state index contributed by atoms with van der Waals surface area (Å²) in [6.07, 6.45) is -18.6. The molecule has 7 aliphatic heterocycles. The van der Waals surface area contributed by atoms with E-state index in [-0.39, 0.29) is 81.4 Å². The van der Waals surface area contributed by atoms with Crippen molar-refractivity contribution in [3.63, 3.8) is 0 Å². The molecule has 36 nitrogen and oxygen atoms in total. The summed E-state index contributed by atoms with van der Waals surface area (Å²) in [5, 5.41) is 129. The van der Waals surface area contributed by atoms with Gasteiger partial charge < -0.3 is 123 Å². The van der Waals surface area contributed by atoms with Gasteiger partial charge in [-0.15, -0.1) is 10.2 Å². The molecule has 5 aromatic carbocycles. The normalized spacial score (nSPS) is 27.9. The molecule has 18 atom stereocenters. The van der Waals surface area contributed by atoms with Crippen LogP contribution in [0.3, 0.4) is 0 Å². The minimum absolute atomic E-state index is 0. The van der Waals surface area contributed by atoms with Crippen LogP contribution >= 0.6 is 35.0 Å². The van der Waals surface area contributed by atoms with Crippen molar-refractivity contribution in [3.8, 4) is 57.1 Å². The molecule has 7 amide bonds. The standard InChI is InChI=1S/C70H78Cl2N12O24S.V/c1-24(2)13-36(75-6)61(95)80-51-53(89)28-8-11-40(34(71)15-28)104-42-17-30-18-43(57(42)108-68-58(107-46-22-70(5,74)59(93)26(4)103-46)56(92)55(91)44(106-68)23-109-69-82-60(94)25(3)83-84-69)105-41-12-9-29(16-35(41)72)54(90)52-66(100)79-50(67(101)102)33-19-31(85)20-39(87)47(33)32-14-27(7-10-38(32)86)48(63(97)81-52)78-64(98)49(30)77-62(96)37(21-45(73)88)76-65(51)99;/h7-12,14-20,24,26,36-37,44,46,48-56,58-59,68,75,85-87,89-93H,13,21-23,74H2,1-6H3,(H2,73,88)(H,76,99)(H,77,96)(H,78,98)(H,79,100)(H,80,95)(H,81,97)(H,101,102)(H,82,84,94);/t26?,36-,37-,44?,46?,48?,49+,50+,51+,52-,53+,54+,55?,56?,58?,59?,68?,70?;/m0./s1. The van der Waals surface area contributed by atoms with Gasteiger partial charge in [0.05, 0.1) is 40.8 Å². The number of rotatable bonds is 15. The number of aliphatic hydroxyl groups excluding tert-OH is 5. The van der Waals surface area contributed by atoms with Crippen molar-refractivity contribution in [1.82, 2.24) is 52.4 Å². The number of ether oxygens (including phenoxy) is 6. The zero-order valence-corrected chi connectivity index (χ0v) is 62.8. The molecule has 0 saturated carbocycles. The Morgan fingerprint density at radius 2 is 1.35 bits per heavy atom. The SMILES string of the molecule is CN[C@@H](CC(C)C)C(=O)N[C@H]1C(=O)N[C@@H](CC(N)=O)C(=O)N[C@H]2C(=O)NC3C(=O)N[C@H](C(=O)N[C@@H](C(=O)O)c4cc(O)cc(O)c4-c4cc3ccc4O)[C@H](O)c3ccc(c(Cl)c3)Oc3cc2cc(c3OC2OC(CSc3nnc(C)c(=O)[nH]3)C(O)C(O)C2OC2CC(C)(N)C(O)C(C)O2)Oc2ccc(cc2Cl)[C@H]1O.[V]. The number of nitrogens with two attached hydrogens (primary N) is 2.